The van der Waals surface area contributed by atoms with Gasteiger partial charge in [0.2, 0.25) is 5.91 Å². The van der Waals surface area contributed by atoms with Crippen LogP contribution in [0.4, 0.5) is 5.82 Å². The molecule has 24 heteroatoms. The van der Waals surface area contributed by atoms with Gasteiger partial charge in [0.25, 0.3) is 0 Å². The molecular formula is C20H26N5O14P3S2. The Bertz CT molecular complexity index is 1580. The Labute approximate surface area is 256 Å². The second-order valence-corrected chi connectivity index (χ2v) is 15.3. The third kappa shape index (κ3) is 12.4. The predicted molar refractivity (Wildman–Crippen MR) is 154 cm³/mol. The number of nitrogen functional groups attached to an aromatic ring is 1. The summed E-state index contributed by atoms with van der Waals surface area (Å²) in [6, 6.07) is 6.75. The van der Waals surface area contributed by atoms with E-state index < -0.39 is 54.2 Å². The largest absolute Gasteiger partial charge is 0.490 e. The van der Waals surface area contributed by atoms with Gasteiger partial charge < -0.3 is 40.5 Å². The van der Waals surface area contributed by atoms with Crippen LogP contribution < -0.4 is 16.7 Å². The molecule has 44 heavy (non-hydrogen) atoms. The van der Waals surface area contributed by atoms with Crippen molar-refractivity contribution in [3.63, 3.8) is 0 Å². The van der Waals surface area contributed by atoms with E-state index in [1.807, 2.05) is 12.1 Å². The number of carbonyl (C=O) groups is 1. The minimum Gasteiger partial charge on any atom is -0.390 e. The van der Waals surface area contributed by atoms with E-state index >= 15 is 0 Å². The molecule has 3 heterocycles. The molecule has 1 saturated heterocycles. The van der Waals surface area contributed by atoms with Crippen LogP contribution in [-0.4, -0.2) is 76.2 Å². The fourth-order valence-electron chi connectivity index (χ4n) is 3.38. The molecule has 2 aromatic heterocycles. The maximum Gasteiger partial charge on any atom is 0.490 e. The monoisotopic (exact) mass is 717 g/mol. The van der Waals surface area contributed by atoms with Crippen molar-refractivity contribution in [2.24, 2.45) is 0 Å². The molecule has 2 aromatic rings. The number of hydrogen-bond donors (Lipinski definition) is 7. The Balaban J connectivity index is 1.56. The summed E-state index contributed by atoms with van der Waals surface area (Å²) in [5, 5.41) is 13.8. The van der Waals surface area contributed by atoms with Crippen molar-refractivity contribution in [3.05, 3.63) is 46.6 Å². The number of phosphoric ester groups is 1. The van der Waals surface area contributed by atoms with Gasteiger partial charge in [-0.2, -0.15) is 13.6 Å². The van der Waals surface area contributed by atoms with Crippen LogP contribution in [0.25, 0.3) is 0 Å². The number of pyridine rings is 1. The molecule has 0 saturated carbocycles. The zero-order valence-corrected chi connectivity index (χ0v) is 26.5. The normalized spacial score (nSPS) is 21.1. The first-order valence-electron chi connectivity index (χ1n) is 12.0. The molecule has 0 bridgehead atoms. The number of nitrogens with zero attached hydrogens (tertiary/aromatic N) is 3. The molecule has 1 fully saturated rings. The number of nitrogens with two attached hydrogens (primary N) is 1. The Hall–Kier alpha value is -2.11. The first kappa shape index (κ1) is 36.4. The third-order valence-corrected chi connectivity index (χ3v) is 11.1. The molecule has 0 radical (unpaired) electrons. The Kier molecular flexibility index (Phi) is 13.2. The lowest BCUT2D eigenvalue weighted by Gasteiger charge is -2.20. The topological polar surface area (TPSA) is 292 Å². The van der Waals surface area contributed by atoms with Gasteiger partial charge in [0.1, 0.15) is 28.9 Å². The molecule has 0 aromatic carbocycles. The van der Waals surface area contributed by atoms with Gasteiger partial charge in [-0.3, -0.25) is 13.9 Å². The van der Waals surface area contributed by atoms with E-state index in [-0.39, 0.29) is 36.8 Å². The Morgan fingerprint density at radius 3 is 2.64 bits per heavy atom. The second kappa shape index (κ2) is 15.9. The lowest BCUT2D eigenvalue weighted by molar-refractivity contribution is -0.120. The number of aliphatic hydroxyl groups is 1. The summed E-state index contributed by atoms with van der Waals surface area (Å²) in [6.45, 7) is -1.02. The number of hydrogen-bond acceptors (Lipinski definition) is 15. The maximum absolute atomic E-state index is 12.6. The van der Waals surface area contributed by atoms with Gasteiger partial charge in [-0.15, -0.1) is 0 Å². The lowest BCUT2D eigenvalue weighted by Crippen LogP contribution is -2.30. The van der Waals surface area contributed by atoms with E-state index in [1.165, 1.54) is 27.7 Å². The summed E-state index contributed by atoms with van der Waals surface area (Å²) < 4.78 is 52.4. The van der Waals surface area contributed by atoms with Gasteiger partial charge in [-0.1, -0.05) is 22.8 Å². The highest BCUT2D eigenvalue weighted by atomic mass is 33.1. The third-order valence-electron chi connectivity index (χ3n) is 5.07. The summed E-state index contributed by atoms with van der Waals surface area (Å²) >= 11 is 0. The zero-order chi connectivity index (χ0) is 32.5. The number of amides is 1. The van der Waals surface area contributed by atoms with Crippen LogP contribution in [0, 0.1) is 11.8 Å². The number of aromatic nitrogens is 3. The Morgan fingerprint density at radius 2 is 1.95 bits per heavy atom. The van der Waals surface area contributed by atoms with E-state index in [0.29, 0.717) is 5.75 Å². The summed E-state index contributed by atoms with van der Waals surface area (Å²) in [5.74, 6) is 5.43. The first-order valence-corrected chi connectivity index (χ1v) is 18.8. The Morgan fingerprint density at radius 1 is 1.20 bits per heavy atom. The quantitative estimate of drug-likeness (QED) is 0.0606. The van der Waals surface area contributed by atoms with Gasteiger partial charge in [0, 0.05) is 30.9 Å². The fraction of sp³-hybridized carbons (Fsp3) is 0.400. The van der Waals surface area contributed by atoms with Gasteiger partial charge >= 0.3 is 29.2 Å². The van der Waals surface area contributed by atoms with Crippen molar-refractivity contribution in [3.8, 4) is 11.8 Å². The number of rotatable bonds is 14. The molecule has 3 unspecified atom stereocenters. The number of nitrogens with one attached hydrogen (secondary N) is 1. The van der Waals surface area contributed by atoms with Crippen molar-refractivity contribution in [1.82, 2.24) is 19.9 Å². The van der Waals surface area contributed by atoms with Gasteiger partial charge in [0.05, 0.1) is 19.3 Å². The van der Waals surface area contributed by atoms with Crippen molar-refractivity contribution >= 4 is 56.8 Å². The highest BCUT2D eigenvalue weighted by Crippen LogP contribution is 2.66. The van der Waals surface area contributed by atoms with E-state index in [1.54, 1.807) is 12.3 Å². The van der Waals surface area contributed by atoms with Gasteiger partial charge in [-0.05, 0) is 28.8 Å². The van der Waals surface area contributed by atoms with Crippen LogP contribution in [0.15, 0.2) is 40.3 Å². The molecular weight excluding hydrogens is 691 g/mol. The molecule has 0 aliphatic carbocycles. The highest BCUT2D eigenvalue weighted by Gasteiger charge is 2.43. The minimum absolute atomic E-state index is 0.00445. The van der Waals surface area contributed by atoms with Crippen LogP contribution in [0.1, 0.15) is 24.8 Å². The van der Waals surface area contributed by atoms with Crippen molar-refractivity contribution < 1.29 is 61.1 Å². The van der Waals surface area contributed by atoms with E-state index in [2.05, 4.69) is 40.3 Å². The van der Waals surface area contributed by atoms with Gasteiger partial charge in [-0.25, -0.2) is 23.5 Å². The first-order chi connectivity index (χ1) is 20.5. The summed E-state index contributed by atoms with van der Waals surface area (Å²) in [4.78, 5) is 68.6. The molecule has 3 rings (SSSR count). The molecule has 242 valence electrons. The number of phosphoric acid groups is 3. The molecule has 5 atom stereocenters. The molecule has 1 aliphatic rings. The summed E-state index contributed by atoms with van der Waals surface area (Å²) in [7, 11) is -13.9. The fourth-order valence-corrected chi connectivity index (χ4v) is 8.28. The predicted octanol–water partition coefficient (Wildman–Crippen LogP) is 0.510. The second-order valence-electron chi connectivity index (χ2n) is 8.44. The molecule has 1 aliphatic heterocycles. The summed E-state index contributed by atoms with van der Waals surface area (Å²) in [5.41, 5.74) is 4.77. The number of carbonyl (C=O) groups excluding carboxylic acids is 1. The smallest absolute Gasteiger partial charge is 0.390 e. The molecule has 19 nitrogen and oxygen atoms in total. The average molecular weight is 718 g/mol. The van der Waals surface area contributed by atoms with Crippen molar-refractivity contribution in [1.29, 1.82) is 0 Å². The van der Waals surface area contributed by atoms with E-state index in [9.17, 15) is 38.2 Å². The van der Waals surface area contributed by atoms with Crippen LogP contribution in [0.2, 0.25) is 0 Å². The lowest BCUT2D eigenvalue weighted by atomic mass is 10.2. The maximum atomic E-state index is 12.6. The van der Waals surface area contributed by atoms with Crippen LogP contribution in [0.5, 0.6) is 0 Å². The van der Waals surface area contributed by atoms with Crippen LogP contribution in [0.3, 0.4) is 0 Å². The van der Waals surface area contributed by atoms with Crippen LogP contribution >= 0.6 is 45.1 Å². The molecule has 8 N–H and O–H groups in total. The van der Waals surface area contributed by atoms with E-state index in [4.69, 9.17) is 20.3 Å². The number of aliphatic hydroxyl groups excluding tert-OH is 1. The van der Waals surface area contributed by atoms with Crippen molar-refractivity contribution in [2.75, 3.05) is 24.6 Å². The zero-order valence-electron chi connectivity index (χ0n) is 22.1. The highest BCUT2D eigenvalue weighted by molar-refractivity contribution is 8.76. The number of ether oxygens (including phenoxy) is 1. The van der Waals surface area contributed by atoms with Crippen molar-refractivity contribution in [2.45, 2.75) is 36.3 Å². The standard InChI is InChI=1S/C20H26N5O14P3S2/c21-16-10-13(4-3-8-22-17(27)6-9-43-44-18-5-1-2-7-23-18)25(20(28)24-16)19-11-14(26)15(37-19)12-36-41(32,33)39-42(34,35)38-40(29,30)31/h1-2,5,7,10,14-15,19,26H,6,8-9,11-12H2,(H,22,27)(H,32,33)(H,34,35)(H2,21,24,28)(H2,29,30,31)/t14?,15-,19-/m1/s1. The number of anilines is 1. The minimum atomic E-state index is -5.74. The molecule has 0 spiro atoms. The van der Waals surface area contributed by atoms with Gasteiger partial charge in [0.15, 0.2) is 0 Å². The molecule has 1 amide bonds. The van der Waals surface area contributed by atoms with Crippen LogP contribution in [-0.2, 0) is 36.4 Å². The van der Waals surface area contributed by atoms with E-state index in [0.717, 1.165) is 9.59 Å². The SMILES string of the molecule is Nc1cc(C#CCNC(=O)CCSSc2ccccn2)n([C@H]2CC(O)[C@@H](COP(=O)(O)OP(=O)(O)OP(=O)(O)O)O2)c(=O)n1. The average Bonchev–Trinajstić information content (AvgIpc) is 3.26. The summed E-state index contributed by atoms with van der Waals surface area (Å²) in [6.07, 6.45) is -2.42.